The van der Waals surface area contributed by atoms with E-state index in [2.05, 4.69) is 10.6 Å². The lowest BCUT2D eigenvalue weighted by Crippen LogP contribution is -2.30. The maximum atomic E-state index is 11.9. The molecule has 0 bridgehead atoms. The molecule has 0 aliphatic heterocycles. The highest BCUT2D eigenvalue weighted by molar-refractivity contribution is 6.04. The third-order valence-corrected chi connectivity index (χ3v) is 3.48. The van der Waals surface area contributed by atoms with Crippen molar-refractivity contribution in [2.24, 2.45) is 11.7 Å². The molecule has 0 aromatic heterocycles. The summed E-state index contributed by atoms with van der Waals surface area (Å²) < 4.78 is 10.3. The molecule has 0 heterocycles. The van der Waals surface area contributed by atoms with Crippen LogP contribution in [0.2, 0.25) is 0 Å². The van der Waals surface area contributed by atoms with E-state index < -0.39 is 5.91 Å². The van der Waals surface area contributed by atoms with Gasteiger partial charge in [0, 0.05) is 6.07 Å². The second-order valence-corrected chi connectivity index (χ2v) is 5.24. The highest BCUT2D eigenvalue weighted by atomic mass is 35.5. The first kappa shape index (κ1) is 19.1. The van der Waals surface area contributed by atoms with Crippen molar-refractivity contribution in [3.63, 3.8) is 0 Å². The van der Waals surface area contributed by atoms with Gasteiger partial charge in [0.25, 0.3) is 5.91 Å². The second kappa shape index (κ2) is 8.59. The van der Waals surface area contributed by atoms with Gasteiger partial charge in [-0.05, 0) is 31.4 Å². The van der Waals surface area contributed by atoms with Crippen LogP contribution in [0.3, 0.4) is 0 Å². The van der Waals surface area contributed by atoms with E-state index in [4.69, 9.17) is 15.2 Å². The normalized spacial score (nSPS) is 13.0. The molecule has 8 heteroatoms. The first-order chi connectivity index (χ1) is 10.5. The number of nitrogens with one attached hydrogen (secondary N) is 2. The molecule has 128 valence electrons. The fourth-order valence-electron chi connectivity index (χ4n) is 2.09. The van der Waals surface area contributed by atoms with Gasteiger partial charge >= 0.3 is 0 Å². The van der Waals surface area contributed by atoms with Crippen molar-refractivity contribution in [2.75, 3.05) is 32.6 Å². The molecule has 1 aromatic rings. The van der Waals surface area contributed by atoms with Gasteiger partial charge in [-0.3, -0.25) is 9.59 Å². The summed E-state index contributed by atoms with van der Waals surface area (Å²) in [5.41, 5.74) is 5.83. The topological polar surface area (TPSA) is 103 Å². The Morgan fingerprint density at radius 3 is 2.35 bits per heavy atom. The van der Waals surface area contributed by atoms with Crippen molar-refractivity contribution in [1.82, 2.24) is 5.32 Å². The minimum Gasteiger partial charge on any atom is -0.493 e. The third-order valence-electron chi connectivity index (χ3n) is 3.48. The van der Waals surface area contributed by atoms with E-state index in [1.807, 2.05) is 0 Å². The number of anilines is 1. The monoisotopic (exact) mass is 343 g/mol. The molecule has 0 unspecified atom stereocenters. The molecular weight excluding hydrogens is 322 g/mol. The number of amides is 2. The third kappa shape index (κ3) is 5.30. The number of hydrogen-bond acceptors (Lipinski definition) is 5. The SMILES string of the molecule is COc1cc(NC(=O)CNCC2CC2)c(C(N)=O)cc1OC.Cl. The van der Waals surface area contributed by atoms with E-state index in [-0.39, 0.29) is 30.4 Å². The number of rotatable bonds is 8. The van der Waals surface area contributed by atoms with Crippen LogP contribution in [0, 0.1) is 5.92 Å². The molecule has 0 atom stereocenters. The zero-order chi connectivity index (χ0) is 16.1. The number of primary amides is 1. The Kier molecular flexibility index (Phi) is 7.12. The number of carbonyl (C=O) groups is 2. The number of methoxy groups -OCH3 is 2. The van der Waals surface area contributed by atoms with Gasteiger partial charge < -0.3 is 25.8 Å². The van der Waals surface area contributed by atoms with Crippen LogP contribution in [0.4, 0.5) is 5.69 Å². The summed E-state index contributed by atoms with van der Waals surface area (Å²) in [6.07, 6.45) is 2.44. The van der Waals surface area contributed by atoms with Crippen molar-refractivity contribution < 1.29 is 19.1 Å². The molecule has 4 N–H and O–H groups in total. The molecule has 1 aliphatic carbocycles. The lowest BCUT2D eigenvalue weighted by molar-refractivity contribution is -0.115. The summed E-state index contributed by atoms with van der Waals surface area (Å²) in [7, 11) is 2.94. The molecule has 1 aliphatic rings. The molecule has 0 radical (unpaired) electrons. The molecule has 2 rings (SSSR count). The number of hydrogen-bond donors (Lipinski definition) is 3. The molecular formula is C15H22ClN3O4. The van der Waals surface area contributed by atoms with E-state index in [9.17, 15) is 9.59 Å². The smallest absolute Gasteiger partial charge is 0.250 e. The molecule has 7 nitrogen and oxygen atoms in total. The van der Waals surface area contributed by atoms with Gasteiger partial charge in [0.2, 0.25) is 5.91 Å². The van der Waals surface area contributed by atoms with Crippen molar-refractivity contribution in [3.8, 4) is 11.5 Å². The number of benzene rings is 1. The van der Waals surface area contributed by atoms with Crippen molar-refractivity contribution >= 4 is 29.9 Å². The van der Waals surface area contributed by atoms with Gasteiger partial charge in [-0.2, -0.15) is 0 Å². The minimum atomic E-state index is -0.651. The van der Waals surface area contributed by atoms with E-state index in [0.29, 0.717) is 23.1 Å². The Hall–Kier alpha value is -1.99. The number of ether oxygens (including phenoxy) is 2. The van der Waals surface area contributed by atoms with Crippen molar-refractivity contribution in [1.29, 1.82) is 0 Å². The number of carbonyl (C=O) groups excluding carboxylic acids is 2. The summed E-state index contributed by atoms with van der Waals surface area (Å²) in [5.74, 6) is 0.586. The van der Waals surface area contributed by atoms with E-state index in [0.717, 1.165) is 6.54 Å². The summed E-state index contributed by atoms with van der Waals surface area (Å²) >= 11 is 0. The van der Waals surface area contributed by atoms with Gasteiger partial charge in [0.1, 0.15) is 0 Å². The van der Waals surface area contributed by atoms with Gasteiger partial charge in [-0.25, -0.2) is 0 Å². The maximum absolute atomic E-state index is 11.9. The van der Waals surface area contributed by atoms with Crippen LogP contribution >= 0.6 is 12.4 Å². The Bertz CT molecular complexity index is 576. The van der Waals surface area contributed by atoms with Crippen LogP contribution in [0.15, 0.2) is 12.1 Å². The van der Waals surface area contributed by atoms with E-state index >= 15 is 0 Å². The van der Waals surface area contributed by atoms with Crippen molar-refractivity contribution in [2.45, 2.75) is 12.8 Å². The molecule has 1 aromatic carbocycles. The molecule has 2 amide bonds. The molecule has 0 spiro atoms. The minimum absolute atomic E-state index is 0. The van der Waals surface area contributed by atoms with Crippen LogP contribution in [0.1, 0.15) is 23.2 Å². The summed E-state index contributed by atoms with van der Waals surface area (Å²) in [6, 6.07) is 2.98. The summed E-state index contributed by atoms with van der Waals surface area (Å²) in [6.45, 7) is 1.02. The Labute approximate surface area is 141 Å². The van der Waals surface area contributed by atoms with E-state index in [1.165, 1.54) is 39.2 Å². The van der Waals surface area contributed by atoms with Gasteiger partial charge in [0.15, 0.2) is 11.5 Å². The van der Waals surface area contributed by atoms with Crippen molar-refractivity contribution in [3.05, 3.63) is 17.7 Å². The Morgan fingerprint density at radius 2 is 1.83 bits per heavy atom. The van der Waals surface area contributed by atoms with Gasteiger partial charge in [-0.15, -0.1) is 12.4 Å². The van der Waals surface area contributed by atoms with Crippen LogP contribution in [0.25, 0.3) is 0 Å². The zero-order valence-electron chi connectivity index (χ0n) is 13.2. The summed E-state index contributed by atoms with van der Waals surface area (Å²) in [4.78, 5) is 23.5. The first-order valence-electron chi connectivity index (χ1n) is 7.11. The average molecular weight is 344 g/mol. The standard InChI is InChI=1S/C15H21N3O4.ClH/c1-21-12-5-10(15(16)20)11(6-13(12)22-2)18-14(19)8-17-7-9-3-4-9;/h5-6,9,17H,3-4,7-8H2,1-2H3,(H2,16,20)(H,18,19);1H. The Balaban J connectivity index is 0.00000264. The lowest BCUT2D eigenvalue weighted by Gasteiger charge is -2.14. The van der Waals surface area contributed by atoms with Gasteiger partial charge in [0.05, 0.1) is 32.0 Å². The van der Waals surface area contributed by atoms with Gasteiger partial charge in [-0.1, -0.05) is 0 Å². The second-order valence-electron chi connectivity index (χ2n) is 5.24. The fraction of sp³-hybridized carbons (Fsp3) is 0.467. The summed E-state index contributed by atoms with van der Waals surface area (Å²) in [5, 5.41) is 5.76. The van der Waals surface area contributed by atoms with Crippen LogP contribution in [-0.4, -0.2) is 39.1 Å². The highest BCUT2D eigenvalue weighted by Crippen LogP contribution is 2.33. The zero-order valence-corrected chi connectivity index (χ0v) is 14.0. The van der Waals surface area contributed by atoms with Crippen LogP contribution in [-0.2, 0) is 4.79 Å². The lowest BCUT2D eigenvalue weighted by atomic mass is 10.1. The highest BCUT2D eigenvalue weighted by Gasteiger charge is 2.21. The van der Waals surface area contributed by atoms with Crippen LogP contribution < -0.4 is 25.8 Å². The molecule has 23 heavy (non-hydrogen) atoms. The van der Waals surface area contributed by atoms with Crippen LogP contribution in [0.5, 0.6) is 11.5 Å². The van der Waals surface area contributed by atoms with E-state index in [1.54, 1.807) is 0 Å². The fourth-order valence-corrected chi connectivity index (χ4v) is 2.09. The predicted octanol–water partition coefficient (Wildman–Crippen LogP) is 1.16. The Morgan fingerprint density at radius 1 is 1.22 bits per heavy atom. The number of halogens is 1. The quantitative estimate of drug-likeness (QED) is 0.657. The largest absolute Gasteiger partial charge is 0.493 e. The predicted molar refractivity (Wildman–Crippen MR) is 89.5 cm³/mol. The molecule has 1 saturated carbocycles. The maximum Gasteiger partial charge on any atom is 0.250 e. The molecule has 0 saturated heterocycles. The number of nitrogens with two attached hydrogens (primary N) is 1. The molecule has 1 fully saturated rings. The average Bonchev–Trinajstić information content (AvgIpc) is 3.30. The first-order valence-corrected chi connectivity index (χ1v) is 7.11.